The largest absolute Gasteiger partial charge is 0.304 e. The van der Waals surface area contributed by atoms with E-state index in [1.54, 1.807) is 11.3 Å². The van der Waals surface area contributed by atoms with Gasteiger partial charge in [-0.05, 0) is 37.8 Å². The van der Waals surface area contributed by atoms with Crippen LogP contribution in [0.3, 0.4) is 0 Å². The highest BCUT2D eigenvalue weighted by atomic mass is 32.1. The maximum absolute atomic E-state index is 4.48. The van der Waals surface area contributed by atoms with Crippen LogP contribution in [0.4, 0.5) is 0 Å². The number of hydrogen-bond donors (Lipinski definition) is 1. The van der Waals surface area contributed by atoms with Gasteiger partial charge in [-0.2, -0.15) is 0 Å². The predicted molar refractivity (Wildman–Crippen MR) is 75.9 cm³/mol. The van der Waals surface area contributed by atoms with E-state index in [1.807, 2.05) is 6.20 Å². The summed E-state index contributed by atoms with van der Waals surface area (Å²) in [6.07, 6.45) is 4.65. The zero-order chi connectivity index (χ0) is 12.4. The van der Waals surface area contributed by atoms with Crippen molar-refractivity contribution < 1.29 is 0 Å². The molecule has 2 aromatic rings. The third-order valence-electron chi connectivity index (χ3n) is 3.38. The molecule has 2 nitrogen and oxygen atoms in total. The van der Waals surface area contributed by atoms with Crippen molar-refractivity contribution in [1.29, 1.82) is 0 Å². The van der Waals surface area contributed by atoms with E-state index >= 15 is 0 Å². The molecule has 0 bridgehead atoms. The first-order valence-corrected chi connectivity index (χ1v) is 7.40. The molecule has 1 aliphatic carbocycles. The summed E-state index contributed by atoms with van der Waals surface area (Å²) in [6.45, 7) is 3.25. The SMILES string of the molecule is Cc1cccc(C(NCC2CC2)c2nccs2)c1. The average Bonchev–Trinajstić information content (AvgIpc) is 3.03. The van der Waals surface area contributed by atoms with E-state index in [0.29, 0.717) is 0 Å². The minimum atomic E-state index is 0.255. The fourth-order valence-electron chi connectivity index (χ4n) is 2.18. The van der Waals surface area contributed by atoms with Gasteiger partial charge in [0.05, 0.1) is 6.04 Å². The van der Waals surface area contributed by atoms with E-state index in [4.69, 9.17) is 0 Å². The molecule has 1 heterocycles. The van der Waals surface area contributed by atoms with E-state index in [9.17, 15) is 0 Å². The molecule has 0 radical (unpaired) electrons. The molecule has 1 N–H and O–H groups in total. The van der Waals surface area contributed by atoms with Crippen molar-refractivity contribution in [1.82, 2.24) is 10.3 Å². The molecule has 0 saturated heterocycles. The standard InChI is InChI=1S/C15H18N2S/c1-11-3-2-4-13(9-11)14(15-16-7-8-18-15)17-10-12-5-6-12/h2-4,7-9,12,14,17H,5-6,10H2,1H3. The number of hydrogen-bond acceptors (Lipinski definition) is 3. The second-order valence-corrected chi connectivity index (χ2v) is 6.00. The Kier molecular flexibility index (Phi) is 3.43. The van der Waals surface area contributed by atoms with Gasteiger partial charge in [0.25, 0.3) is 0 Å². The summed E-state index contributed by atoms with van der Waals surface area (Å²) in [5.41, 5.74) is 2.63. The smallest absolute Gasteiger partial charge is 0.114 e. The Morgan fingerprint density at radius 3 is 3.00 bits per heavy atom. The minimum absolute atomic E-state index is 0.255. The van der Waals surface area contributed by atoms with Crippen LogP contribution >= 0.6 is 11.3 Å². The lowest BCUT2D eigenvalue weighted by Crippen LogP contribution is -2.24. The summed E-state index contributed by atoms with van der Waals surface area (Å²) in [4.78, 5) is 4.48. The lowest BCUT2D eigenvalue weighted by Gasteiger charge is -2.17. The summed E-state index contributed by atoms with van der Waals surface area (Å²) in [5, 5.41) is 6.90. The summed E-state index contributed by atoms with van der Waals surface area (Å²) in [7, 11) is 0. The van der Waals surface area contributed by atoms with Crippen LogP contribution in [0.2, 0.25) is 0 Å². The quantitative estimate of drug-likeness (QED) is 0.887. The number of rotatable bonds is 5. The van der Waals surface area contributed by atoms with Crippen molar-refractivity contribution in [2.45, 2.75) is 25.8 Å². The van der Waals surface area contributed by atoms with E-state index < -0.39 is 0 Å². The summed E-state index contributed by atoms with van der Waals surface area (Å²) < 4.78 is 0. The summed E-state index contributed by atoms with van der Waals surface area (Å²) in [6, 6.07) is 8.98. The lowest BCUT2D eigenvalue weighted by molar-refractivity contribution is 0.571. The second-order valence-electron chi connectivity index (χ2n) is 5.07. The molecule has 0 spiro atoms. The molecule has 1 fully saturated rings. The molecule has 1 aliphatic rings. The Morgan fingerprint density at radius 2 is 2.33 bits per heavy atom. The monoisotopic (exact) mass is 258 g/mol. The van der Waals surface area contributed by atoms with Crippen LogP contribution < -0.4 is 5.32 Å². The molecule has 0 aliphatic heterocycles. The van der Waals surface area contributed by atoms with Crippen LogP contribution in [0.15, 0.2) is 35.8 Å². The molecule has 18 heavy (non-hydrogen) atoms. The summed E-state index contributed by atoms with van der Waals surface area (Å²) >= 11 is 1.73. The molecule has 3 rings (SSSR count). The first kappa shape index (κ1) is 11.9. The van der Waals surface area contributed by atoms with Crippen LogP contribution in [0.5, 0.6) is 0 Å². The van der Waals surface area contributed by atoms with Crippen LogP contribution in [0.1, 0.15) is 35.0 Å². The second kappa shape index (κ2) is 5.21. The Labute approximate surface area is 112 Å². The van der Waals surface area contributed by atoms with Gasteiger partial charge in [-0.15, -0.1) is 11.3 Å². The van der Waals surface area contributed by atoms with Crippen molar-refractivity contribution in [3.63, 3.8) is 0 Å². The Bertz CT molecular complexity index is 503. The highest BCUT2D eigenvalue weighted by molar-refractivity contribution is 7.09. The molecule has 1 atom stereocenters. The van der Waals surface area contributed by atoms with E-state index in [1.165, 1.54) is 29.0 Å². The van der Waals surface area contributed by atoms with Crippen LogP contribution in [0, 0.1) is 12.8 Å². The minimum Gasteiger partial charge on any atom is -0.304 e. The van der Waals surface area contributed by atoms with Gasteiger partial charge < -0.3 is 5.32 Å². The number of nitrogens with one attached hydrogen (secondary N) is 1. The van der Waals surface area contributed by atoms with E-state index in [0.717, 1.165) is 12.5 Å². The lowest BCUT2D eigenvalue weighted by atomic mass is 10.0. The first-order chi connectivity index (χ1) is 8.83. The molecule has 1 aromatic carbocycles. The van der Waals surface area contributed by atoms with Gasteiger partial charge >= 0.3 is 0 Å². The highest BCUT2D eigenvalue weighted by Gasteiger charge is 2.24. The number of aryl methyl sites for hydroxylation is 1. The fraction of sp³-hybridized carbons (Fsp3) is 0.400. The maximum Gasteiger partial charge on any atom is 0.114 e. The number of benzene rings is 1. The van der Waals surface area contributed by atoms with Gasteiger partial charge in [0.1, 0.15) is 5.01 Å². The molecule has 0 amide bonds. The van der Waals surface area contributed by atoms with Crippen molar-refractivity contribution in [2.75, 3.05) is 6.54 Å². The Balaban J connectivity index is 1.83. The van der Waals surface area contributed by atoms with E-state index in [-0.39, 0.29) is 6.04 Å². The van der Waals surface area contributed by atoms with Crippen molar-refractivity contribution >= 4 is 11.3 Å². The van der Waals surface area contributed by atoms with Gasteiger partial charge in [-0.1, -0.05) is 29.8 Å². The normalized spacial score (nSPS) is 16.7. The van der Waals surface area contributed by atoms with Crippen LogP contribution in [-0.4, -0.2) is 11.5 Å². The third-order valence-corrected chi connectivity index (χ3v) is 4.22. The van der Waals surface area contributed by atoms with Crippen molar-refractivity contribution in [3.8, 4) is 0 Å². The molecule has 3 heteroatoms. The number of thiazole rings is 1. The van der Waals surface area contributed by atoms with Gasteiger partial charge in [-0.25, -0.2) is 4.98 Å². The molecular formula is C15H18N2S. The average molecular weight is 258 g/mol. The van der Waals surface area contributed by atoms with Gasteiger partial charge in [-0.3, -0.25) is 0 Å². The van der Waals surface area contributed by atoms with Crippen molar-refractivity contribution in [3.05, 3.63) is 52.0 Å². The number of nitrogens with zero attached hydrogens (tertiary/aromatic N) is 1. The zero-order valence-corrected chi connectivity index (χ0v) is 11.4. The molecule has 1 unspecified atom stereocenters. The predicted octanol–water partition coefficient (Wildman–Crippen LogP) is 3.54. The van der Waals surface area contributed by atoms with Crippen LogP contribution in [0.25, 0.3) is 0 Å². The third kappa shape index (κ3) is 2.79. The molecule has 94 valence electrons. The van der Waals surface area contributed by atoms with Crippen LogP contribution in [-0.2, 0) is 0 Å². The van der Waals surface area contributed by atoms with E-state index in [2.05, 4.69) is 46.9 Å². The molecular weight excluding hydrogens is 240 g/mol. The first-order valence-electron chi connectivity index (χ1n) is 6.52. The topological polar surface area (TPSA) is 24.9 Å². The Hall–Kier alpha value is -1.19. The highest BCUT2D eigenvalue weighted by Crippen LogP contribution is 2.30. The molecule has 1 saturated carbocycles. The zero-order valence-electron chi connectivity index (χ0n) is 10.6. The Morgan fingerprint density at radius 1 is 1.44 bits per heavy atom. The molecule has 1 aromatic heterocycles. The van der Waals surface area contributed by atoms with Gasteiger partial charge in [0, 0.05) is 11.6 Å². The van der Waals surface area contributed by atoms with Gasteiger partial charge in [0.2, 0.25) is 0 Å². The summed E-state index contributed by atoms with van der Waals surface area (Å²) in [5.74, 6) is 0.886. The number of aromatic nitrogens is 1. The fourth-order valence-corrected chi connectivity index (χ4v) is 2.92. The maximum atomic E-state index is 4.48. The van der Waals surface area contributed by atoms with Crippen molar-refractivity contribution in [2.24, 2.45) is 5.92 Å². The van der Waals surface area contributed by atoms with Gasteiger partial charge in [0.15, 0.2) is 0 Å².